The van der Waals surface area contributed by atoms with E-state index in [1.807, 2.05) is 0 Å². The smallest absolute Gasteiger partial charge is 0.335 e. The number of aryl methyl sites for hydroxylation is 1. The van der Waals surface area contributed by atoms with Crippen molar-refractivity contribution in [2.45, 2.75) is 27.2 Å². The summed E-state index contributed by atoms with van der Waals surface area (Å²) >= 11 is 0. The number of aromatic carboxylic acids is 1. The van der Waals surface area contributed by atoms with Crippen LogP contribution in [0.3, 0.4) is 0 Å². The van der Waals surface area contributed by atoms with Crippen molar-refractivity contribution in [3.05, 3.63) is 58.7 Å². The lowest BCUT2D eigenvalue weighted by Crippen LogP contribution is -2.14. The number of carboxylic acid groups (broad SMARTS) is 1. The van der Waals surface area contributed by atoms with Crippen LogP contribution in [0.5, 0.6) is 5.75 Å². The highest BCUT2D eigenvalue weighted by Gasteiger charge is 2.14. The summed E-state index contributed by atoms with van der Waals surface area (Å²) in [5, 5.41) is 21.7. The molecule has 0 radical (unpaired) electrons. The molecule has 5 heteroatoms. The van der Waals surface area contributed by atoms with Crippen LogP contribution in [0.2, 0.25) is 0 Å². The number of carboxylic acids is 1. The van der Waals surface area contributed by atoms with E-state index in [4.69, 9.17) is 5.11 Å². The molecule has 0 heterocycles. The SMILES string of the molecule is Cc1cc(C(=O)O)ccc1NC(=O)c1cc(CC(C)C)ccc1O. The Morgan fingerprint density at radius 3 is 2.42 bits per heavy atom. The molecule has 2 aromatic carbocycles. The van der Waals surface area contributed by atoms with Crippen LogP contribution in [0, 0.1) is 12.8 Å². The molecule has 1 amide bonds. The molecule has 2 rings (SSSR count). The van der Waals surface area contributed by atoms with Gasteiger partial charge >= 0.3 is 5.97 Å². The van der Waals surface area contributed by atoms with Crippen molar-refractivity contribution >= 4 is 17.6 Å². The molecule has 0 bridgehead atoms. The Morgan fingerprint density at radius 1 is 1.12 bits per heavy atom. The molecule has 126 valence electrons. The first-order chi connectivity index (χ1) is 11.3. The van der Waals surface area contributed by atoms with Gasteiger partial charge in [0.1, 0.15) is 5.75 Å². The highest BCUT2D eigenvalue weighted by atomic mass is 16.4. The van der Waals surface area contributed by atoms with Crippen molar-refractivity contribution in [1.82, 2.24) is 0 Å². The summed E-state index contributed by atoms with van der Waals surface area (Å²) in [6, 6.07) is 9.48. The third-order valence-corrected chi connectivity index (χ3v) is 3.67. The Bertz CT molecular complexity index is 781. The van der Waals surface area contributed by atoms with Crippen LogP contribution in [-0.2, 0) is 6.42 Å². The molecule has 5 nitrogen and oxygen atoms in total. The van der Waals surface area contributed by atoms with Gasteiger partial charge in [0.25, 0.3) is 5.91 Å². The number of phenolic OH excluding ortho intramolecular Hbond substituents is 1. The van der Waals surface area contributed by atoms with Gasteiger partial charge in [-0.1, -0.05) is 19.9 Å². The first kappa shape index (κ1) is 17.5. The second-order valence-electron chi connectivity index (χ2n) is 6.24. The Kier molecular flexibility index (Phi) is 5.24. The number of benzene rings is 2. The molecule has 0 saturated heterocycles. The molecule has 0 aliphatic carbocycles. The summed E-state index contributed by atoms with van der Waals surface area (Å²) in [6.07, 6.45) is 0.812. The lowest BCUT2D eigenvalue weighted by atomic mass is 10.00. The van der Waals surface area contributed by atoms with Gasteiger partial charge in [-0.3, -0.25) is 4.79 Å². The van der Waals surface area contributed by atoms with Gasteiger partial charge in [0.15, 0.2) is 0 Å². The van der Waals surface area contributed by atoms with Gasteiger partial charge in [-0.05, 0) is 60.7 Å². The number of hydrogen-bond acceptors (Lipinski definition) is 3. The van der Waals surface area contributed by atoms with Crippen molar-refractivity contribution in [2.75, 3.05) is 5.32 Å². The van der Waals surface area contributed by atoms with Crippen molar-refractivity contribution < 1.29 is 19.8 Å². The van der Waals surface area contributed by atoms with E-state index in [1.54, 1.807) is 25.1 Å². The Morgan fingerprint density at radius 2 is 1.83 bits per heavy atom. The molecule has 0 aromatic heterocycles. The van der Waals surface area contributed by atoms with Gasteiger partial charge in [-0.25, -0.2) is 4.79 Å². The molecule has 0 aliphatic heterocycles. The second kappa shape index (κ2) is 7.17. The van der Waals surface area contributed by atoms with E-state index in [0.29, 0.717) is 17.2 Å². The number of hydrogen-bond donors (Lipinski definition) is 3. The molecule has 0 saturated carbocycles. The van der Waals surface area contributed by atoms with Gasteiger partial charge < -0.3 is 15.5 Å². The average Bonchev–Trinajstić information content (AvgIpc) is 2.50. The molecule has 0 spiro atoms. The number of phenols is 1. The third kappa shape index (κ3) is 4.13. The average molecular weight is 327 g/mol. The summed E-state index contributed by atoms with van der Waals surface area (Å²) in [5.74, 6) is -1.09. The van der Waals surface area contributed by atoms with E-state index in [0.717, 1.165) is 12.0 Å². The quantitative estimate of drug-likeness (QED) is 0.778. The van der Waals surface area contributed by atoms with Crippen molar-refractivity contribution in [2.24, 2.45) is 5.92 Å². The first-order valence-electron chi connectivity index (χ1n) is 7.75. The predicted octanol–water partition coefficient (Wildman–Crippen LogP) is 3.85. The number of carbonyl (C=O) groups is 2. The molecule has 0 aliphatic rings. The van der Waals surface area contributed by atoms with E-state index in [9.17, 15) is 14.7 Å². The maximum absolute atomic E-state index is 12.5. The van der Waals surface area contributed by atoms with E-state index in [2.05, 4.69) is 19.2 Å². The summed E-state index contributed by atoms with van der Waals surface area (Å²) in [5.41, 5.74) is 2.49. The zero-order valence-corrected chi connectivity index (χ0v) is 14.0. The predicted molar refractivity (Wildman–Crippen MR) is 92.7 cm³/mol. The van der Waals surface area contributed by atoms with Crippen LogP contribution in [0.1, 0.15) is 45.7 Å². The zero-order chi connectivity index (χ0) is 17.9. The maximum atomic E-state index is 12.5. The fraction of sp³-hybridized carbons (Fsp3) is 0.263. The number of amides is 1. The molecule has 0 unspecified atom stereocenters. The standard InChI is InChI=1S/C19H21NO4/c1-11(2)8-13-4-7-17(21)15(10-13)18(22)20-16-6-5-14(19(23)24)9-12(16)3/h4-7,9-11,21H,8H2,1-3H3,(H,20,22)(H,23,24). The van der Waals surface area contributed by atoms with E-state index in [-0.39, 0.29) is 16.9 Å². The summed E-state index contributed by atoms with van der Waals surface area (Å²) in [6.45, 7) is 5.89. The normalized spacial score (nSPS) is 10.7. The number of rotatable bonds is 5. The van der Waals surface area contributed by atoms with Gasteiger partial charge in [-0.2, -0.15) is 0 Å². The molecule has 2 aromatic rings. The highest BCUT2D eigenvalue weighted by molar-refractivity contribution is 6.06. The molecular weight excluding hydrogens is 306 g/mol. The minimum atomic E-state index is -1.02. The van der Waals surface area contributed by atoms with Crippen molar-refractivity contribution in [3.63, 3.8) is 0 Å². The van der Waals surface area contributed by atoms with Crippen LogP contribution < -0.4 is 5.32 Å². The number of aromatic hydroxyl groups is 1. The van der Waals surface area contributed by atoms with Crippen LogP contribution in [0.4, 0.5) is 5.69 Å². The molecule has 0 fully saturated rings. The largest absolute Gasteiger partial charge is 0.507 e. The van der Waals surface area contributed by atoms with Crippen LogP contribution in [0.15, 0.2) is 36.4 Å². The minimum Gasteiger partial charge on any atom is -0.507 e. The molecule has 24 heavy (non-hydrogen) atoms. The van der Waals surface area contributed by atoms with Crippen molar-refractivity contribution in [1.29, 1.82) is 0 Å². The van der Waals surface area contributed by atoms with Crippen LogP contribution in [-0.4, -0.2) is 22.1 Å². The van der Waals surface area contributed by atoms with E-state index >= 15 is 0 Å². The molecule has 3 N–H and O–H groups in total. The van der Waals surface area contributed by atoms with Crippen LogP contribution >= 0.6 is 0 Å². The summed E-state index contributed by atoms with van der Waals surface area (Å²) in [4.78, 5) is 23.4. The number of carbonyl (C=O) groups excluding carboxylic acids is 1. The third-order valence-electron chi connectivity index (χ3n) is 3.67. The van der Waals surface area contributed by atoms with Gasteiger partial charge in [0, 0.05) is 5.69 Å². The summed E-state index contributed by atoms with van der Waals surface area (Å²) in [7, 11) is 0. The second-order valence-corrected chi connectivity index (χ2v) is 6.24. The van der Waals surface area contributed by atoms with Gasteiger partial charge in [0.05, 0.1) is 11.1 Å². The van der Waals surface area contributed by atoms with Crippen molar-refractivity contribution in [3.8, 4) is 5.75 Å². The Hall–Kier alpha value is -2.82. The van der Waals surface area contributed by atoms with Crippen LogP contribution in [0.25, 0.3) is 0 Å². The molecular formula is C19H21NO4. The number of anilines is 1. The summed E-state index contributed by atoms with van der Waals surface area (Å²) < 4.78 is 0. The lowest BCUT2D eigenvalue weighted by Gasteiger charge is -2.12. The Labute approximate surface area is 141 Å². The van der Waals surface area contributed by atoms with E-state index in [1.165, 1.54) is 18.2 Å². The fourth-order valence-corrected chi connectivity index (χ4v) is 2.49. The minimum absolute atomic E-state index is 0.0835. The Balaban J connectivity index is 2.25. The first-order valence-corrected chi connectivity index (χ1v) is 7.75. The highest BCUT2D eigenvalue weighted by Crippen LogP contribution is 2.23. The fourth-order valence-electron chi connectivity index (χ4n) is 2.49. The monoisotopic (exact) mass is 327 g/mol. The maximum Gasteiger partial charge on any atom is 0.335 e. The zero-order valence-electron chi connectivity index (χ0n) is 14.0. The van der Waals surface area contributed by atoms with E-state index < -0.39 is 11.9 Å². The topological polar surface area (TPSA) is 86.6 Å². The number of nitrogens with one attached hydrogen (secondary N) is 1. The molecule has 0 atom stereocenters. The van der Waals surface area contributed by atoms with Gasteiger partial charge in [0.2, 0.25) is 0 Å². The lowest BCUT2D eigenvalue weighted by molar-refractivity contribution is 0.0696. The van der Waals surface area contributed by atoms with Gasteiger partial charge in [-0.15, -0.1) is 0 Å².